The zero-order valence-electron chi connectivity index (χ0n) is 9.28. The monoisotopic (exact) mass is 250 g/mol. The number of furan rings is 1. The number of nitrogens with one attached hydrogen (secondary N) is 1. The lowest BCUT2D eigenvalue weighted by Crippen LogP contribution is -2.27. The number of nitro groups is 1. The molecule has 2 aromatic rings. The topological polar surface area (TPSA) is 103 Å². The summed E-state index contributed by atoms with van der Waals surface area (Å²) < 4.78 is 6.20. The zero-order chi connectivity index (χ0) is 13.0. The number of carbonyl (C=O) groups excluding carboxylic acids is 1. The molecule has 1 N–H and O–H groups in total. The van der Waals surface area contributed by atoms with Crippen LogP contribution >= 0.6 is 0 Å². The number of hydrogen-bond donors (Lipinski definition) is 1. The molecule has 0 aliphatic heterocycles. The van der Waals surface area contributed by atoms with Crippen LogP contribution in [-0.4, -0.2) is 20.4 Å². The summed E-state index contributed by atoms with van der Waals surface area (Å²) in [6.45, 7) is 0.0886. The molecule has 2 aromatic heterocycles. The molecule has 8 heteroatoms. The average molecular weight is 250 g/mol. The highest BCUT2D eigenvalue weighted by Crippen LogP contribution is 2.06. The Labute approximate surface area is 101 Å². The van der Waals surface area contributed by atoms with Gasteiger partial charge in [0.05, 0.1) is 12.8 Å². The van der Waals surface area contributed by atoms with Gasteiger partial charge in [-0.3, -0.25) is 4.79 Å². The largest absolute Gasteiger partial charge is 0.467 e. The third-order valence-corrected chi connectivity index (χ3v) is 2.21. The number of nitrogens with zero attached hydrogens (tertiary/aromatic N) is 3. The van der Waals surface area contributed by atoms with E-state index in [0.717, 1.165) is 4.57 Å². The highest BCUT2D eigenvalue weighted by molar-refractivity contribution is 5.75. The van der Waals surface area contributed by atoms with Crippen LogP contribution in [0.4, 0.5) is 5.95 Å². The predicted molar refractivity (Wildman–Crippen MR) is 59.4 cm³/mol. The molecular formula is C10H10N4O4. The Bertz CT molecular complexity index is 546. The summed E-state index contributed by atoms with van der Waals surface area (Å²) in [6, 6.07) is 3.43. The van der Waals surface area contributed by atoms with Crippen LogP contribution in [0.2, 0.25) is 0 Å². The normalized spacial score (nSPS) is 10.2. The van der Waals surface area contributed by atoms with Crippen LogP contribution in [0.3, 0.4) is 0 Å². The van der Waals surface area contributed by atoms with Crippen molar-refractivity contribution in [3.63, 3.8) is 0 Å². The van der Waals surface area contributed by atoms with Crippen LogP contribution in [0.25, 0.3) is 0 Å². The van der Waals surface area contributed by atoms with Gasteiger partial charge in [0.25, 0.3) is 5.91 Å². The van der Waals surface area contributed by atoms with E-state index in [4.69, 9.17) is 4.42 Å². The van der Waals surface area contributed by atoms with Crippen molar-refractivity contribution in [1.29, 1.82) is 0 Å². The first-order valence-corrected chi connectivity index (χ1v) is 5.11. The van der Waals surface area contributed by atoms with Gasteiger partial charge in [-0.25, -0.2) is 4.57 Å². The number of imidazole rings is 1. The number of amides is 1. The van der Waals surface area contributed by atoms with Crippen LogP contribution in [0.5, 0.6) is 0 Å². The minimum atomic E-state index is -0.639. The molecule has 2 heterocycles. The lowest BCUT2D eigenvalue weighted by Gasteiger charge is -2.03. The van der Waals surface area contributed by atoms with Gasteiger partial charge >= 0.3 is 5.95 Å². The van der Waals surface area contributed by atoms with Crippen LogP contribution in [-0.2, 0) is 17.9 Å². The van der Waals surface area contributed by atoms with Crippen molar-refractivity contribution in [2.75, 3.05) is 0 Å². The standard InChI is InChI=1S/C10H10N4O4/c15-9(12-6-8-2-1-5-18-8)7-13-4-3-11-10(13)14(16)17/h1-5H,6-7H2,(H,12,15). The number of rotatable bonds is 5. The fraction of sp³-hybridized carbons (Fsp3) is 0.200. The lowest BCUT2D eigenvalue weighted by molar-refractivity contribution is -0.396. The smallest absolute Gasteiger partial charge is 0.435 e. The first kappa shape index (κ1) is 11.8. The van der Waals surface area contributed by atoms with Crippen LogP contribution in [0.1, 0.15) is 5.76 Å². The van der Waals surface area contributed by atoms with E-state index in [9.17, 15) is 14.9 Å². The number of aromatic nitrogens is 2. The summed E-state index contributed by atoms with van der Waals surface area (Å²) in [7, 11) is 0. The molecule has 94 valence electrons. The molecule has 0 bridgehead atoms. The first-order valence-electron chi connectivity index (χ1n) is 5.11. The Balaban J connectivity index is 1.91. The Morgan fingerprint density at radius 3 is 3.11 bits per heavy atom. The number of hydrogen-bond acceptors (Lipinski definition) is 5. The molecule has 0 unspecified atom stereocenters. The van der Waals surface area contributed by atoms with Crippen molar-refractivity contribution in [2.24, 2.45) is 0 Å². The van der Waals surface area contributed by atoms with E-state index in [1.54, 1.807) is 12.1 Å². The molecule has 8 nitrogen and oxygen atoms in total. The summed E-state index contributed by atoms with van der Waals surface area (Å²) >= 11 is 0. The quantitative estimate of drug-likeness (QED) is 0.621. The van der Waals surface area contributed by atoms with Crippen molar-refractivity contribution < 1.29 is 14.1 Å². The Morgan fingerprint density at radius 2 is 2.44 bits per heavy atom. The molecule has 0 aromatic carbocycles. The minimum Gasteiger partial charge on any atom is -0.467 e. The Morgan fingerprint density at radius 1 is 1.61 bits per heavy atom. The van der Waals surface area contributed by atoms with E-state index < -0.39 is 4.92 Å². The summed E-state index contributed by atoms with van der Waals surface area (Å²) in [5.74, 6) is -0.0980. The molecule has 0 saturated carbocycles. The van der Waals surface area contributed by atoms with Gasteiger partial charge in [0, 0.05) is 0 Å². The highest BCUT2D eigenvalue weighted by atomic mass is 16.6. The molecule has 0 atom stereocenters. The van der Waals surface area contributed by atoms with Gasteiger partial charge < -0.3 is 19.8 Å². The van der Waals surface area contributed by atoms with Crippen molar-refractivity contribution in [3.05, 3.63) is 46.7 Å². The fourth-order valence-corrected chi connectivity index (χ4v) is 1.41. The predicted octanol–water partition coefficient (Wildman–Crippen LogP) is 0.701. The van der Waals surface area contributed by atoms with E-state index in [0.29, 0.717) is 5.76 Å². The zero-order valence-corrected chi connectivity index (χ0v) is 9.28. The molecule has 0 saturated heterocycles. The number of carbonyl (C=O) groups is 1. The van der Waals surface area contributed by atoms with E-state index in [2.05, 4.69) is 10.3 Å². The maximum atomic E-state index is 11.6. The summed E-state index contributed by atoms with van der Waals surface area (Å²) in [5.41, 5.74) is 0. The first-order chi connectivity index (χ1) is 8.66. The van der Waals surface area contributed by atoms with Crippen molar-refractivity contribution in [2.45, 2.75) is 13.1 Å². The van der Waals surface area contributed by atoms with Gasteiger partial charge in [0.2, 0.25) is 0 Å². The van der Waals surface area contributed by atoms with Crippen molar-refractivity contribution >= 4 is 11.9 Å². The highest BCUT2D eigenvalue weighted by Gasteiger charge is 2.16. The van der Waals surface area contributed by atoms with E-state index in [-0.39, 0.29) is 24.9 Å². The molecule has 0 spiro atoms. The molecule has 2 rings (SSSR count). The molecule has 1 amide bonds. The van der Waals surface area contributed by atoms with E-state index in [1.165, 1.54) is 18.7 Å². The second-order valence-corrected chi connectivity index (χ2v) is 3.47. The average Bonchev–Trinajstić information content (AvgIpc) is 2.96. The van der Waals surface area contributed by atoms with E-state index in [1.807, 2.05) is 0 Å². The Hall–Kier alpha value is -2.64. The van der Waals surface area contributed by atoms with Gasteiger partial charge in [0.1, 0.15) is 18.2 Å². The summed E-state index contributed by atoms with van der Waals surface area (Å²) in [4.78, 5) is 25.0. The third-order valence-electron chi connectivity index (χ3n) is 2.21. The maximum absolute atomic E-state index is 11.6. The summed E-state index contributed by atoms with van der Waals surface area (Å²) in [6.07, 6.45) is 4.16. The van der Waals surface area contributed by atoms with Gasteiger partial charge in [-0.2, -0.15) is 0 Å². The van der Waals surface area contributed by atoms with Crippen molar-refractivity contribution in [1.82, 2.24) is 14.9 Å². The maximum Gasteiger partial charge on any atom is 0.435 e. The third kappa shape index (κ3) is 2.73. The second-order valence-electron chi connectivity index (χ2n) is 3.47. The van der Waals surface area contributed by atoms with Crippen LogP contribution in [0.15, 0.2) is 35.2 Å². The van der Waals surface area contributed by atoms with Crippen LogP contribution in [0, 0.1) is 10.1 Å². The Kier molecular flexibility index (Phi) is 3.37. The molecule has 0 aliphatic rings. The SMILES string of the molecule is O=C(Cn1ccnc1[N+](=O)[O-])NCc1ccco1. The van der Waals surface area contributed by atoms with Gasteiger partial charge in [0.15, 0.2) is 6.54 Å². The van der Waals surface area contributed by atoms with Crippen molar-refractivity contribution in [3.8, 4) is 0 Å². The minimum absolute atomic E-state index is 0.156. The fourth-order valence-electron chi connectivity index (χ4n) is 1.41. The molecule has 0 radical (unpaired) electrons. The molecular weight excluding hydrogens is 240 g/mol. The van der Waals surface area contributed by atoms with E-state index >= 15 is 0 Å². The van der Waals surface area contributed by atoms with Gasteiger partial charge in [-0.05, 0) is 17.1 Å². The molecule has 0 aliphatic carbocycles. The second kappa shape index (κ2) is 5.13. The van der Waals surface area contributed by atoms with Gasteiger partial charge in [-0.15, -0.1) is 0 Å². The molecule has 0 fully saturated rings. The van der Waals surface area contributed by atoms with Gasteiger partial charge in [-0.1, -0.05) is 4.98 Å². The van der Waals surface area contributed by atoms with Crippen LogP contribution < -0.4 is 5.32 Å². The lowest BCUT2D eigenvalue weighted by atomic mass is 10.4. The molecule has 18 heavy (non-hydrogen) atoms. The summed E-state index contributed by atoms with van der Waals surface area (Å²) in [5, 5.41) is 13.2.